The number of thiazole rings is 1. The molecule has 2 aliphatic heterocycles. The molecule has 1 saturated heterocycles. The van der Waals surface area contributed by atoms with Crippen LogP contribution in [0, 0.1) is 6.92 Å². The Hall–Kier alpha value is -2.58. The number of pyridine rings is 1. The van der Waals surface area contributed by atoms with E-state index in [0.717, 1.165) is 21.7 Å². The van der Waals surface area contributed by atoms with Gasteiger partial charge in [0.1, 0.15) is 5.69 Å². The monoisotopic (exact) mass is 411 g/mol. The highest BCUT2D eigenvalue weighted by molar-refractivity contribution is 7.92. The summed E-state index contributed by atoms with van der Waals surface area (Å²) in [5.74, 6) is -0.397. The number of benzene rings is 1. The third kappa shape index (κ3) is 2.59. The second kappa shape index (κ2) is 6.22. The Bertz CT molecular complexity index is 1190. The lowest BCUT2D eigenvalue weighted by atomic mass is 9.95. The van der Waals surface area contributed by atoms with E-state index in [4.69, 9.17) is 0 Å². The smallest absolute Gasteiger partial charge is 0.273 e. The third-order valence-electron chi connectivity index (χ3n) is 5.52. The zero-order valence-electron chi connectivity index (χ0n) is 15.1. The van der Waals surface area contributed by atoms with Crippen molar-refractivity contribution in [3.05, 3.63) is 64.4 Å². The molecule has 1 amide bonds. The molecule has 5 rings (SSSR count). The molecule has 0 unspecified atom stereocenters. The van der Waals surface area contributed by atoms with Crippen molar-refractivity contribution in [3.63, 3.8) is 0 Å². The average Bonchev–Trinajstić information content (AvgIpc) is 3.38. The minimum atomic E-state index is -3.45. The maximum absolute atomic E-state index is 13.1. The second-order valence-corrected chi connectivity index (χ2v) is 10.3. The fourth-order valence-corrected chi connectivity index (χ4v) is 6.91. The number of hydrogen-bond donors (Lipinski definition) is 0. The van der Waals surface area contributed by atoms with Crippen LogP contribution in [0.2, 0.25) is 0 Å². The summed E-state index contributed by atoms with van der Waals surface area (Å²) in [6.45, 7) is 2.45. The van der Waals surface area contributed by atoms with Crippen molar-refractivity contribution < 1.29 is 13.2 Å². The van der Waals surface area contributed by atoms with Crippen LogP contribution in [0.1, 0.15) is 27.0 Å². The van der Waals surface area contributed by atoms with E-state index in [1.165, 1.54) is 11.3 Å². The minimum absolute atomic E-state index is 0.194. The summed E-state index contributed by atoms with van der Waals surface area (Å²) in [6.07, 6.45) is 3.43. The highest BCUT2D eigenvalue weighted by atomic mass is 32.2. The van der Waals surface area contributed by atoms with Gasteiger partial charge in [0.05, 0.1) is 15.2 Å². The van der Waals surface area contributed by atoms with Crippen LogP contribution >= 0.6 is 11.3 Å². The molecule has 8 heteroatoms. The molecule has 142 valence electrons. The van der Waals surface area contributed by atoms with Crippen LogP contribution in [0.15, 0.2) is 53.0 Å². The molecule has 0 N–H and O–H groups in total. The fraction of sp³-hybridized carbons (Fsp3) is 0.250. The molecule has 0 bridgehead atoms. The molecular weight excluding hydrogens is 394 g/mol. The lowest BCUT2D eigenvalue weighted by Gasteiger charge is -2.17. The normalized spacial score (nSPS) is 22.1. The number of carbonyl (C=O) groups is 1. The summed E-state index contributed by atoms with van der Waals surface area (Å²) >= 11 is 1.42. The van der Waals surface area contributed by atoms with E-state index in [9.17, 15) is 13.2 Å². The number of nitrogens with zero attached hydrogens (tertiary/aromatic N) is 3. The van der Waals surface area contributed by atoms with Gasteiger partial charge in [-0.3, -0.25) is 9.78 Å². The number of likely N-dealkylation sites (tertiary alicyclic amines) is 1. The van der Waals surface area contributed by atoms with Gasteiger partial charge >= 0.3 is 0 Å². The maximum atomic E-state index is 13.1. The summed E-state index contributed by atoms with van der Waals surface area (Å²) in [6, 6.07) is 9.30. The first kappa shape index (κ1) is 17.5. The molecule has 0 saturated carbocycles. The molecule has 0 radical (unpaired) electrons. The molecule has 4 heterocycles. The van der Waals surface area contributed by atoms with Crippen molar-refractivity contribution in [1.29, 1.82) is 0 Å². The van der Waals surface area contributed by atoms with Gasteiger partial charge in [-0.25, -0.2) is 13.4 Å². The van der Waals surface area contributed by atoms with Crippen LogP contribution in [-0.2, 0) is 9.84 Å². The Morgan fingerprint density at radius 3 is 2.64 bits per heavy atom. The molecule has 0 spiro atoms. The summed E-state index contributed by atoms with van der Waals surface area (Å²) in [7, 11) is -3.45. The van der Waals surface area contributed by atoms with E-state index in [2.05, 4.69) is 9.97 Å². The van der Waals surface area contributed by atoms with E-state index in [0.29, 0.717) is 17.1 Å². The molecule has 3 aromatic rings. The van der Waals surface area contributed by atoms with Crippen LogP contribution in [0.25, 0.3) is 11.1 Å². The summed E-state index contributed by atoms with van der Waals surface area (Å²) < 4.78 is 26.1. The predicted molar refractivity (Wildman–Crippen MR) is 106 cm³/mol. The molecule has 6 nitrogen and oxygen atoms in total. The maximum Gasteiger partial charge on any atom is 0.273 e. The van der Waals surface area contributed by atoms with Crippen molar-refractivity contribution in [3.8, 4) is 11.1 Å². The fourth-order valence-electron chi connectivity index (χ4n) is 4.16. The topological polar surface area (TPSA) is 80.2 Å². The number of rotatable bonds is 2. The van der Waals surface area contributed by atoms with Crippen molar-refractivity contribution in [2.45, 2.75) is 23.0 Å². The lowest BCUT2D eigenvalue weighted by molar-refractivity contribution is 0.0785. The SMILES string of the molecule is Cc1nc(C(=O)N2C[C@@H]3c4cc(-c5ccncc5)ccc4S(=O)(=O)[C@H]3C2)cs1. The van der Waals surface area contributed by atoms with Crippen molar-refractivity contribution in [1.82, 2.24) is 14.9 Å². The van der Waals surface area contributed by atoms with Gasteiger partial charge in [0.15, 0.2) is 9.84 Å². The van der Waals surface area contributed by atoms with Gasteiger partial charge in [-0.1, -0.05) is 6.07 Å². The van der Waals surface area contributed by atoms with E-state index in [-0.39, 0.29) is 18.4 Å². The predicted octanol–water partition coefficient (Wildman–Crippen LogP) is 2.91. The van der Waals surface area contributed by atoms with E-state index in [1.807, 2.05) is 31.2 Å². The average molecular weight is 412 g/mol. The van der Waals surface area contributed by atoms with Crippen LogP contribution in [0.5, 0.6) is 0 Å². The van der Waals surface area contributed by atoms with Crippen LogP contribution in [0.4, 0.5) is 0 Å². The standard InChI is InChI=1S/C20H17N3O3S2/c1-12-22-17(11-27-12)20(24)23-9-16-15-8-14(13-4-6-21-7-5-13)2-3-18(15)28(25,26)19(16)10-23/h2-8,11,16,19H,9-10H2,1H3/t16-,19+/m1/s1. The molecule has 1 fully saturated rings. The number of hydrogen-bond acceptors (Lipinski definition) is 6. The minimum Gasteiger partial charge on any atom is -0.335 e. The number of carbonyl (C=O) groups excluding carboxylic acids is 1. The highest BCUT2D eigenvalue weighted by Crippen LogP contribution is 2.46. The lowest BCUT2D eigenvalue weighted by Crippen LogP contribution is -2.31. The molecule has 2 atom stereocenters. The van der Waals surface area contributed by atoms with Gasteiger partial charge in [-0.05, 0) is 47.9 Å². The summed E-state index contributed by atoms with van der Waals surface area (Å²) in [4.78, 5) is 23.1. The molecule has 2 aromatic heterocycles. The molecule has 1 aromatic carbocycles. The van der Waals surface area contributed by atoms with E-state index < -0.39 is 15.1 Å². The van der Waals surface area contributed by atoms with E-state index >= 15 is 0 Å². The van der Waals surface area contributed by atoms with Crippen molar-refractivity contribution in [2.24, 2.45) is 0 Å². The number of sulfone groups is 1. The Morgan fingerprint density at radius 2 is 1.93 bits per heavy atom. The quantitative estimate of drug-likeness (QED) is 0.648. The Balaban J connectivity index is 1.52. The largest absolute Gasteiger partial charge is 0.335 e. The van der Waals surface area contributed by atoms with E-state index in [1.54, 1.807) is 28.7 Å². The molecule has 2 aliphatic rings. The molecular formula is C20H17N3O3S2. The summed E-state index contributed by atoms with van der Waals surface area (Å²) in [5, 5.41) is 1.97. The van der Waals surface area contributed by atoms with Gasteiger partial charge in [-0.15, -0.1) is 11.3 Å². The Morgan fingerprint density at radius 1 is 1.14 bits per heavy atom. The van der Waals surface area contributed by atoms with Gasteiger partial charge < -0.3 is 4.90 Å². The zero-order valence-corrected chi connectivity index (χ0v) is 16.7. The van der Waals surface area contributed by atoms with Gasteiger partial charge in [0, 0.05) is 36.8 Å². The summed E-state index contributed by atoms with van der Waals surface area (Å²) in [5.41, 5.74) is 3.15. The third-order valence-corrected chi connectivity index (χ3v) is 8.55. The first-order chi connectivity index (χ1) is 13.4. The zero-order chi connectivity index (χ0) is 19.5. The number of amides is 1. The van der Waals surface area contributed by atoms with Crippen LogP contribution < -0.4 is 0 Å². The second-order valence-electron chi connectivity index (χ2n) is 7.14. The molecule has 28 heavy (non-hydrogen) atoms. The number of fused-ring (bicyclic) bond motifs is 3. The molecule has 0 aliphatic carbocycles. The van der Waals surface area contributed by atoms with Gasteiger partial charge in [-0.2, -0.15) is 0 Å². The van der Waals surface area contributed by atoms with Crippen molar-refractivity contribution in [2.75, 3.05) is 13.1 Å². The Kier molecular flexibility index (Phi) is 3.89. The van der Waals surface area contributed by atoms with Crippen LogP contribution in [-0.4, -0.2) is 47.5 Å². The number of aromatic nitrogens is 2. The highest BCUT2D eigenvalue weighted by Gasteiger charge is 2.51. The first-order valence-electron chi connectivity index (χ1n) is 8.95. The van der Waals surface area contributed by atoms with Crippen molar-refractivity contribution >= 4 is 27.1 Å². The number of aryl methyl sites for hydroxylation is 1. The van der Waals surface area contributed by atoms with Crippen LogP contribution in [0.3, 0.4) is 0 Å². The first-order valence-corrected chi connectivity index (χ1v) is 11.4. The Labute approximate surface area is 166 Å². The van der Waals surface area contributed by atoms with Gasteiger partial charge in [0.2, 0.25) is 0 Å². The van der Waals surface area contributed by atoms with Gasteiger partial charge in [0.25, 0.3) is 5.91 Å².